The molecule has 1 aliphatic rings. The van der Waals surface area contributed by atoms with Gasteiger partial charge >= 0.3 is 0 Å². The normalized spacial score (nSPS) is 12.9. The molecule has 1 aliphatic carbocycles. The minimum absolute atomic E-state index is 0.0764. The van der Waals surface area contributed by atoms with Crippen LogP contribution in [0, 0.1) is 0 Å². The van der Waals surface area contributed by atoms with Crippen LogP contribution in [-0.2, 0) is 5.41 Å². The second-order valence-corrected chi connectivity index (χ2v) is 14.4. The Hall–Kier alpha value is -6.71. The zero-order chi connectivity index (χ0) is 35.5. The van der Waals surface area contributed by atoms with Crippen LogP contribution in [-0.4, -0.2) is 15.0 Å². The maximum atomic E-state index is 5.37. The third kappa shape index (κ3) is 5.00. The monoisotopic (exact) mass is 677 g/mol. The summed E-state index contributed by atoms with van der Waals surface area (Å²) in [4.78, 5) is 15.8. The van der Waals surface area contributed by atoms with Gasteiger partial charge in [0.25, 0.3) is 0 Å². The van der Waals surface area contributed by atoms with Crippen molar-refractivity contribution in [3.63, 3.8) is 0 Å². The number of fused-ring (bicyclic) bond motifs is 5. The average Bonchev–Trinajstić information content (AvgIpc) is 3.46. The molecule has 0 N–H and O–H groups in total. The first-order valence-electron chi connectivity index (χ1n) is 18.2. The molecule has 3 heteroatoms. The smallest absolute Gasteiger partial charge is 0.165 e. The number of rotatable bonds is 5. The van der Waals surface area contributed by atoms with E-state index in [2.05, 4.69) is 172 Å². The van der Waals surface area contributed by atoms with Gasteiger partial charge in [0.2, 0.25) is 0 Å². The molecule has 10 rings (SSSR count). The van der Waals surface area contributed by atoms with Crippen molar-refractivity contribution < 1.29 is 0 Å². The number of hydrogen-bond acceptors (Lipinski definition) is 3. The van der Waals surface area contributed by atoms with Crippen LogP contribution in [0.15, 0.2) is 176 Å². The van der Waals surface area contributed by atoms with E-state index in [0.717, 1.165) is 44.0 Å². The number of benzene rings is 8. The van der Waals surface area contributed by atoms with E-state index in [-0.39, 0.29) is 5.41 Å². The van der Waals surface area contributed by atoms with E-state index in [4.69, 9.17) is 15.0 Å². The summed E-state index contributed by atoms with van der Waals surface area (Å²) in [5, 5.41) is 4.51. The molecule has 3 nitrogen and oxygen atoms in total. The summed E-state index contributed by atoms with van der Waals surface area (Å²) < 4.78 is 0. The molecule has 250 valence electrons. The molecule has 0 unspecified atom stereocenters. The molecule has 0 atom stereocenters. The van der Waals surface area contributed by atoms with Crippen molar-refractivity contribution in [2.24, 2.45) is 0 Å². The number of nitrogens with zero attached hydrogens (tertiary/aromatic N) is 3. The summed E-state index contributed by atoms with van der Waals surface area (Å²) in [5.41, 5.74) is 12.9. The molecule has 0 radical (unpaired) electrons. The van der Waals surface area contributed by atoms with Crippen molar-refractivity contribution in [2.45, 2.75) is 19.3 Å². The molecule has 0 bridgehead atoms. The lowest BCUT2D eigenvalue weighted by molar-refractivity contribution is 0.660. The van der Waals surface area contributed by atoms with E-state index in [9.17, 15) is 0 Å². The molecular weight excluding hydrogens is 643 g/mol. The first-order valence-corrected chi connectivity index (χ1v) is 18.2. The van der Waals surface area contributed by atoms with Gasteiger partial charge in [-0.3, -0.25) is 0 Å². The van der Waals surface area contributed by atoms with Gasteiger partial charge in [-0.2, -0.15) is 0 Å². The second-order valence-electron chi connectivity index (χ2n) is 14.4. The zero-order valence-corrected chi connectivity index (χ0v) is 29.6. The predicted molar refractivity (Wildman–Crippen MR) is 220 cm³/mol. The summed E-state index contributed by atoms with van der Waals surface area (Å²) in [6, 6.07) is 62.4. The van der Waals surface area contributed by atoms with Crippen LogP contribution in [0.2, 0.25) is 0 Å². The Morgan fingerprint density at radius 3 is 1.66 bits per heavy atom. The van der Waals surface area contributed by atoms with Gasteiger partial charge in [-0.15, -0.1) is 0 Å². The number of aromatic nitrogens is 3. The predicted octanol–water partition coefficient (Wildman–Crippen LogP) is 12.8. The highest BCUT2D eigenvalue weighted by molar-refractivity contribution is 6.08. The topological polar surface area (TPSA) is 38.7 Å². The minimum Gasteiger partial charge on any atom is -0.208 e. The highest BCUT2D eigenvalue weighted by atomic mass is 15.0. The first-order chi connectivity index (χ1) is 26.1. The largest absolute Gasteiger partial charge is 0.208 e. The maximum Gasteiger partial charge on any atom is 0.165 e. The van der Waals surface area contributed by atoms with E-state index < -0.39 is 0 Å². The molecule has 0 spiro atoms. The van der Waals surface area contributed by atoms with Crippen LogP contribution in [0.5, 0.6) is 0 Å². The standard InChI is InChI=1S/C50H35N3/c1-50(2)43-26-14-13-24-42(43)45-40(25-15-27-44(45)50)39-30-31-41(38-23-12-11-22-37(38)39)48-51-47(34-19-7-4-8-20-34)52-49(53-48)46-35-21-10-9-18-33(35)28-29-36(46)32-16-5-3-6-17-32/h3-31H,1-2H3. The lowest BCUT2D eigenvalue weighted by atomic mass is 9.81. The van der Waals surface area contributed by atoms with Crippen LogP contribution < -0.4 is 0 Å². The second kappa shape index (κ2) is 12.2. The fourth-order valence-electron chi connectivity index (χ4n) is 8.40. The lowest BCUT2D eigenvalue weighted by Crippen LogP contribution is -2.14. The van der Waals surface area contributed by atoms with Crippen molar-refractivity contribution >= 4 is 21.5 Å². The average molecular weight is 678 g/mol. The van der Waals surface area contributed by atoms with Crippen molar-refractivity contribution in [3.05, 3.63) is 187 Å². The molecule has 0 fully saturated rings. The van der Waals surface area contributed by atoms with E-state index >= 15 is 0 Å². The molecule has 0 aliphatic heterocycles. The summed E-state index contributed by atoms with van der Waals surface area (Å²) >= 11 is 0. The van der Waals surface area contributed by atoms with E-state index in [1.807, 2.05) is 18.2 Å². The summed E-state index contributed by atoms with van der Waals surface area (Å²) in [7, 11) is 0. The van der Waals surface area contributed by atoms with Gasteiger partial charge in [0.05, 0.1) is 0 Å². The Balaban J connectivity index is 1.23. The molecular formula is C50H35N3. The molecule has 0 amide bonds. The minimum atomic E-state index is -0.0764. The third-order valence-electron chi connectivity index (χ3n) is 11.0. The number of hydrogen-bond donors (Lipinski definition) is 0. The van der Waals surface area contributed by atoms with Gasteiger partial charge in [0.1, 0.15) is 0 Å². The van der Waals surface area contributed by atoms with Crippen LogP contribution in [0.3, 0.4) is 0 Å². The van der Waals surface area contributed by atoms with Crippen LogP contribution in [0.25, 0.3) is 89.1 Å². The maximum absolute atomic E-state index is 5.37. The Morgan fingerprint density at radius 2 is 0.868 bits per heavy atom. The van der Waals surface area contributed by atoms with Gasteiger partial charge in [-0.25, -0.2) is 15.0 Å². The molecule has 0 saturated heterocycles. The molecule has 0 saturated carbocycles. The van der Waals surface area contributed by atoms with E-state index in [1.54, 1.807) is 0 Å². The van der Waals surface area contributed by atoms with Crippen molar-refractivity contribution in [1.29, 1.82) is 0 Å². The van der Waals surface area contributed by atoms with Gasteiger partial charge in [-0.1, -0.05) is 184 Å². The van der Waals surface area contributed by atoms with Crippen LogP contribution in [0.4, 0.5) is 0 Å². The van der Waals surface area contributed by atoms with Crippen molar-refractivity contribution in [2.75, 3.05) is 0 Å². The molecule has 1 heterocycles. The Labute approximate surface area is 309 Å². The third-order valence-corrected chi connectivity index (χ3v) is 11.0. The van der Waals surface area contributed by atoms with Gasteiger partial charge in [0.15, 0.2) is 17.5 Å². The first kappa shape index (κ1) is 31.1. The van der Waals surface area contributed by atoms with Gasteiger partial charge in [-0.05, 0) is 72.1 Å². The molecule has 53 heavy (non-hydrogen) atoms. The highest BCUT2D eigenvalue weighted by Gasteiger charge is 2.36. The fraction of sp³-hybridized carbons (Fsp3) is 0.0600. The Bertz CT molecular complexity index is 2860. The highest BCUT2D eigenvalue weighted by Crippen LogP contribution is 2.53. The lowest BCUT2D eigenvalue weighted by Gasteiger charge is -2.21. The van der Waals surface area contributed by atoms with Crippen LogP contribution >= 0.6 is 0 Å². The van der Waals surface area contributed by atoms with Gasteiger partial charge in [0, 0.05) is 22.1 Å². The van der Waals surface area contributed by atoms with Gasteiger partial charge < -0.3 is 0 Å². The Kier molecular flexibility index (Phi) is 7.16. The summed E-state index contributed by atoms with van der Waals surface area (Å²) in [6.45, 7) is 4.68. The van der Waals surface area contributed by atoms with E-state index in [1.165, 1.54) is 38.8 Å². The van der Waals surface area contributed by atoms with Crippen LogP contribution in [0.1, 0.15) is 25.0 Å². The Morgan fingerprint density at radius 1 is 0.321 bits per heavy atom. The molecule has 8 aromatic carbocycles. The molecule has 1 aromatic heterocycles. The molecule has 9 aromatic rings. The SMILES string of the molecule is CC1(C)c2ccccc2-c2c(-c3ccc(-c4nc(-c5ccccc5)nc(-c5c(-c6ccccc6)ccc6ccccc56)n4)c4ccccc34)cccc21. The quantitative estimate of drug-likeness (QED) is 0.182. The fourth-order valence-corrected chi connectivity index (χ4v) is 8.40. The van der Waals surface area contributed by atoms with Crippen molar-refractivity contribution in [3.8, 4) is 67.5 Å². The van der Waals surface area contributed by atoms with Crippen molar-refractivity contribution in [1.82, 2.24) is 15.0 Å². The summed E-state index contributed by atoms with van der Waals surface area (Å²) in [6.07, 6.45) is 0. The summed E-state index contributed by atoms with van der Waals surface area (Å²) in [5.74, 6) is 1.94. The van der Waals surface area contributed by atoms with E-state index in [0.29, 0.717) is 17.5 Å². The zero-order valence-electron chi connectivity index (χ0n) is 29.6.